The third-order valence-corrected chi connectivity index (χ3v) is 5.47. The number of nitrogen functional groups attached to an aromatic ring is 1. The number of pyridine rings is 2. The number of fused-ring (bicyclic) bond motifs is 1. The fraction of sp³-hybridized carbons (Fsp3) is 0.227. The molecule has 3 heterocycles. The highest BCUT2D eigenvalue weighted by molar-refractivity contribution is 6.31. The number of nitrogens with one attached hydrogen (secondary N) is 1. The summed E-state index contributed by atoms with van der Waals surface area (Å²) in [6.45, 7) is 3.33. The van der Waals surface area contributed by atoms with Crippen LogP contribution in [-0.4, -0.2) is 30.9 Å². The molecule has 1 amide bonds. The SMILES string of the molecule is Cc1cc(N)nc(C)c1CNC(=O)c1c(C(F)(F)F)nnn1Cc1ccc2ncc(Cl)cc2c1. The third kappa shape index (κ3) is 4.79. The molecule has 12 heteroatoms. The Kier molecular flexibility index (Phi) is 6.13. The maximum atomic E-state index is 13.6. The minimum Gasteiger partial charge on any atom is -0.384 e. The van der Waals surface area contributed by atoms with E-state index < -0.39 is 23.5 Å². The van der Waals surface area contributed by atoms with Crippen LogP contribution in [0.4, 0.5) is 19.0 Å². The lowest BCUT2D eigenvalue weighted by Gasteiger charge is -2.13. The molecule has 34 heavy (non-hydrogen) atoms. The standard InChI is InChI=1S/C22H19ClF3N7O/c1-11-5-18(27)30-12(2)16(11)9-29-21(34)19-20(22(24,25)26)31-32-33(19)10-13-3-4-17-14(6-13)7-15(23)8-28-17/h3-8H,9-10H2,1-2H3,(H2,27,30)(H,29,34). The number of carbonyl (C=O) groups is 1. The number of benzene rings is 1. The maximum Gasteiger partial charge on any atom is 0.437 e. The molecule has 0 radical (unpaired) electrons. The van der Waals surface area contributed by atoms with E-state index in [1.165, 1.54) is 6.20 Å². The quantitative estimate of drug-likeness (QED) is 0.437. The lowest BCUT2D eigenvalue weighted by atomic mass is 10.1. The summed E-state index contributed by atoms with van der Waals surface area (Å²) >= 11 is 5.99. The van der Waals surface area contributed by atoms with Crippen molar-refractivity contribution in [3.63, 3.8) is 0 Å². The number of hydrogen-bond donors (Lipinski definition) is 2. The summed E-state index contributed by atoms with van der Waals surface area (Å²) in [6, 6.07) is 8.43. The molecule has 0 spiro atoms. The summed E-state index contributed by atoms with van der Waals surface area (Å²) in [7, 11) is 0. The number of nitrogens with two attached hydrogens (primary N) is 1. The number of hydrogen-bond acceptors (Lipinski definition) is 6. The van der Waals surface area contributed by atoms with E-state index in [1.54, 1.807) is 44.2 Å². The Morgan fingerprint density at radius 2 is 1.97 bits per heavy atom. The summed E-state index contributed by atoms with van der Waals surface area (Å²) in [5, 5.41) is 10.5. The molecule has 4 aromatic rings. The first-order chi connectivity index (χ1) is 16.0. The van der Waals surface area contributed by atoms with Crippen molar-refractivity contribution in [2.24, 2.45) is 0 Å². The molecule has 0 atom stereocenters. The topological polar surface area (TPSA) is 112 Å². The van der Waals surface area contributed by atoms with Crippen molar-refractivity contribution in [2.75, 3.05) is 5.73 Å². The minimum absolute atomic E-state index is 0.0353. The van der Waals surface area contributed by atoms with Gasteiger partial charge in [0.1, 0.15) is 5.82 Å². The number of aromatic nitrogens is 5. The maximum absolute atomic E-state index is 13.6. The molecule has 0 bridgehead atoms. The second-order valence-electron chi connectivity index (χ2n) is 7.73. The number of aryl methyl sites for hydroxylation is 2. The third-order valence-electron chi connectivity index (χ3n) is 5.26. The van der Waals surface area contributed by atoms with E-state index in [-0.39, 0.29) is 13.1 Å². The van der Waals surface area contributed by atoms with Crippen LogP contribution in [0, 0.1) is 13.8 Å². The molecular weight excluding hydrogens is 471 g/mol. The van der Waals surface area contributed by atoms with Gasteiger partial charge in [0.05, 0.1) is 17.1 Å². The van der Waals surface area contributed by atoms with Crippen molar-refractivity contribution in [2.45, 2.75) is 33.1 Å². The van der Waals surface area contributed by atoms with E-state index in [9.17, 15) is 18.0 Å². The van der Waals surface area contributed by atoms with Gasteiger partial charge in [-0.2, -0.15) is 13.2 Å². The van der Waals surface area contributed by atoms with Gasteiger partial charge in [-0.15, -0.1) is 5.10 Å². The van der Waals surface area contributed by atoms with Crippen LogP contribution in [0.25, 0.3) is 10.9 Å². The van der Waals surface area contributed by atoms with Gasteiger partial charge in [0.25, 0.3) is 5.91 Å². The zero-order chi connectivity index (χ0) is 24.6. The molecule has 0 fully saturated rings. The van der Waals surface area contributed by atoms with Crippen LogP contribution in [0.15, 0.2) is 36.5 Å². The van der Waals surface area contributed by atoms with Gasteiger partial charge in [-0.05, 0) is 54.8 Å². The van der Waals surface area contributed by atoms with E-state index in [1.807, 2.05) is 0 Å². The number of anilines is 1. The first-order valence-corrected chi connectivity index (χ1v) is 10.5. The Morgan fingerprint density at radius 3 is 2.68 bits per heavy atom. The van der Waals surface area contributed by atoms with Crippen molar-refractivity contribution < 1.29 is 18.0 Å². The van der Waals surface area contributed by atoms with Crippen LogP contribution in [0.1, 0.15) is 38.6 Å². The summed E-state index contributed by atoms with van der Waals surface area (Å²) in [5.41, 5.74) is 6.92. The highest BCUT2D eigenvalue weighted by Crippen LogP contribution is 2.30. The molecule has 0 aliphatic rings. The van der Waals surface area contributed by atoms with Crippen LogP contribution in [0.5, 0.6) is 0 Å². The minimum atomic E-state index is -4.86. The molecule has 8 nitrogen and oxygen atoms in total. The first kappa shape index (κ1) is 23.4. The van der Waals surface area contributed by atoms with Gasteiger partial charge in [-0.3, -0.25) is 9.78 Å². The van der Waals surface area contributed by atoms with Crippen molar-refractivity contribution in [1.29, 1.82) is 0 Å². The number of rotatable bonds is 5. The number of carbonyl (C=O) groups excluding carboxylic acids is 1. The second-order valence-corrected chi connectivity index (χ2v) is 8.17. The van der Waals surface area contributed by atoms with E-state index in [2.05, 4.69) is 25.6 Å². The van der Waals surface area contributed by atoms with Gasteiger partial charge in [0, 0.05) is 23.8 Å². The molecule has 0 saturated carbocycles. The van der Waals surface area contributed by atoms with E-state index >= 15 is 0 Å². The molecule has 0 aliphatic heterocycles. The zero-order valence-electron chi connectivity index (χ0n) is 18.1. The summed E-state index contributed by atoms with van der Waals surface area (Å²) in [5.74, 6) is -0.642. The van der Waals surface area contributed by atoms with E-state index in [0.717, 1.165) is 10.2 Å². The average Bonchev–Trinajstić information content (AvgIpc) is 3.16. The number of nitrogens with zero attached hydrogens (tertiary/aromatic N) is 5. The molecule has 3 aromatic heterocycles. The van der Waals surface area contributed by atoms with Crippen LogP contribution < -0.4 is 11.1 Å². The smallest absolute Gasteiger partial charge is 0.384 e. The first-order valence-electron chi connectivity index (χ1n) is 10.1. The molecule has 0 saturated heterocycles. The Morgan fingerprint density at radius 1 is 1.21 bits per heavy atom. The lowest BCUT2D eigenvalue weighted by Crippen LogP contribution is -2.29. The molecular formula is C22H19ClF3N7O. The van der Waals surface area contributed by atoms with Gasteiger partial charge in [0.15, 0.2) is 11.4 Å². The van der Waals surface area contributed by atoms with Gasteiger partial charge in [-0.1, -0.05) is 22.9 Å². The molecule has 0 unspecified atom stereocenters. The summed E-state index contributed by atoms with van der Waals surface area (Å²) in [4.78, 5) is 21.2. The predicted molar refractivity (Wildman–Crippen MR) is 120 cm³/mol. The van der Waals surface area contributed by atoms with Gasteiger partial charge >= 0.3 is 6.18 Å². The Hall–Kier alpha value is -3.73. The van der Waals surface area contributed by atoms with Crippen LogP contribution in [-0.2, 0) is 19.3 Å². The second kappa shape index (κ2) is 8.90. The van der Waals surface area contributed by atoms with Crippen molar-refractivity contribution in [3.05, 3.63) is 75.3 Å². The van der Waals surface area contributed by atoms with E-state index in [4.69, 9.17) is 17.3 Å². The summed E-state index contributed by atoms with van der Waals surface area (Å²) < 4.78 is 41.7. The van der Waals surface area contributed by atoms with Crippen LogP contribution in [0.3, 0.4) is 0 Å². The van der Waals surface area contributed by atoms with Gasteiger partial charge in [-0.25, -0.2) is 9.67 Å². The monoisotopic (exact) mass is 489 g/mol. The summed E-state index contributed by atoms with van der Waals surface area (Å²) in [6.07, 6.45) is -3.36. The van der Waals surface area contributed by atoms with Crippen molar-refractivity contribution in [1.82, 2.24) is 30.3 Å². The fourth-order valence-electron chi connectivity index (χ4n) is 3.67. The molecule has 1 aromatic carbocycles. The molecule has 176 valence electrons. The fourth-order valence-corrected chi connectivity index (χ4v) is 3.84. The van der Waals surface area contributed by atoms with E-state index in [0.29, 0.717) is 38.6 Å². The molecule has 3 N–H and O–H groups in total. The molecule has 4 rings (SSSR count). The van der Waals surface area contributed by atoms with Gasteiger partial charge < -0.3 is 11.1 Å². The lowest BCUT2D eigenvalue weighted by molar-refractivity contribution is -0.141. The Labute approximate surface area is 197 Å². The highest BCUT2D eigenvalue weighted by Gasteiger charge is 2.41. The zero-order valence-corrected chi connectivity index (χ0v) is 18.9. The normalized spacial score (nSPS) is 11.7. The predicted octanol–water partition coefficient (Wildman–Crippen LogP) is 4.07. The Balaban J connectivity index is 1.65. The Bertz CT molecular complexity index is 1380. The molecule has 0 aliphatic carbocycles. The van der Waals surface area contributed by atoms with Crippen LogP contribution >= 0.6 is 11.6 Å². The van der Waals surface area contributed by atoms with Gasteiger partial charge in [0.2, 0.25) is 0 Å². The van der Waals surface area contributed by atoms with Crippen molar-refractivity contribution >= 4 is 34.2 Å². The average molecular weight is 490 g/mol. The van der Waals surface area contributed by atoms with Crippen molar-refractivity contribution in [3.8, 4) is 0 Å². The number of amides is 1. The number of halogens is 4. The number of alkyl halides is 3. The van der Waals surface area contributed by atoms with Crippen LogP contribution in [0.2, 0.25) is 5.02 Å². The largest absolute Gasteiger partial charge is 0.437 e. The highest BCUT2D eigenvalue weighted by atomic mass is 35.5.